The molecule has 1 saturated heterocycles. The van der Waals surface area contributed by atoms with E-state index in [1.807, 2.05) is 0 Å². The smallest absolute Gasteiger partial charge is 0.00695 e. The molecule has 3 unspecified atom stereocenters. The molecule has 1 heterocycles. The molecule has 1 fully saturated rings. The van der Waals surface area contributed by atoms with Crippen molar-refractivity contribution < 1.29 is 0 Å². The van der Waals surface area contributed by atoms with Gasteiger partial charge < -0.3 is 4.90 Å². The first-order valence-corrected chi connectivity index (χ1v) is 6.55. The molecule has 1 nitrogen and oxygen atoms in total. The van der Waals surface area contributed by atoms with Gasteiger partial charge in [0, 0.05) is 17.9 Å². The molecule has 0 bridgehead atoms. The number of nitrogens with zero attached hydrogens (tertiary/aromatic N) is 1. The Labute approximate surface area is 91.0 Å². The number of halogens is 1. The maximum atomic E-state index is 3.55. The highest BCUT2D eigenvalue weighted by Crippen LogP contribution is 2.22. The van der Waals surface area contributed by atoms with Crippen LogP contribution in [0.1, 0.15) is 33.6 Å². The van der Waals surface area contributed by atoms with Crippen LogP contribution in [0.25, 0.3) is 0 Å². The molecule has 0 aromatic rings. The van der Waals surface area contributed by atoms with Gasteiger partial charge in [0.2, 0.25) is 0 Å². The molecule has 0 N–H and O–H groups in total. The maximum Gasteiger partial charge on any atom is 0.00695 e. The zero-order chi connectivity index (χ0) is 9.84. The SMILES string of the molecule is CC1CCN(CC(C)CBr)C(C)C1. The molecule has 0 aliphatic carbocycles. The highest BCUT2D eigenvalue weighted by molar-refractivity contribution is 9.09. The summed E-state index contributed by atoms with van der Waals surface area (Å²) in [4.78, 5) is 2.64. The average molecular weight is 248 g/mol. The summed E-state index contributed by atoms with van der Waals surface area (Å²) in [6, 6.07) is 0.797. The quantitative estimate of drug-likeness (QED) is 0.693. The summed E-state index contributed by atoms with van der Waals surface area (Å²) in [5, 5.41) is 1.13. The van der Waals surface area contributed by atoms with Crippen LogP contribution in [0.4, 0.5) is 0 Å². The van der Waals surface area contributed by atoms with Crippen molar-refractivity contribution in [2.45, 2.75) is 39.7 Å². The fourth-order valence-electron chi connectivity index (χ4n) is 2.18. The largest absolute Gasteiger partial charge is 0.300 e. The molecule has 0 amide bonds. The number of likely N-dealkylation sites (tertiary alicyclic amines) is 1. The van der Waals surface area contributed by atoms with Crippen LogP contribution < -0.4 is 0 Å². The van der Waals surface area contributed by atoms with Crippen molar-refractivity contribution in [2.24, 2.45) is 11.8 Å². The van der Waals surface area contributed by atoms with Crippen molar-refractivity contribution in [1.82, 2.24) is 4.90 Å². The third-order valence-electron chi connectivity index (χ3n) is 3.09. The lowest BCUT2D eigenvalue weighted by Crippen LogP contribution is -2.42. The van der Waals surface area contributed by atoms with Crippen molar-refractivity contribution in [1.29, 1.82) is 0 Å². The summed E-state index contributed by atoms with van der Waals surface area (Å²) in [5.41, 5.74) is 0. The Morgan fingerprint density at radius 1 is 1.46 bits per heavy atom. The Bertz CT molecular complexity index is 149. The van der Waals surface area contributed by atoms with Crippen molar-refractivity contribution in [3.63, 3.8) is 0 Å². The zero-order valence-electron chi connectivity index (χ0n) is 9.09. The third kappa shape index (κ3) is 3.59. The van der Waals surface area contributed by atoms with E-state index in [2.05, 4.69) is 41.6 Å². The predicted octanol–water partition coefficient (Wildman–Crippen LogP) is 3.14. The molecular weight excluding hydrogens is 226 g/mol. The fraction of sp³-hybridized carbons (Fsp3) is 1.00. The first kappa shape index (κ1) is 11.5. The fourth-order valence-corrected chi connectivity index (χ4v) is 2.38. The van der Waals surface area contributed by atoms with Gasteiger partial charge in [-0.1, -0.05) is 29.8 Å². The van der Waals surface area contributed by atoms with Gasteiger partial charge in [-0.25, -0.2) is 0 Å². The van der Waals surface area contributed by atoms with Crippen molar-refractivity contribution in [3.05, 3.63) is 0 Å². The number of piperidine rings is 1. The Morgan fingerprint density at radius 2 is 2.15 bits per heavy atom. The van der Waals surface area contributed by atoms with Crippen LogP contribution in [0.3, 0.4) is 0 Å². The van der Waals surface area contributed by atoms with E-state index in [9.17, 15) is 0 Å². The van der Waals surface area contributed by atoms with Crippen LogP contribution in [0.5, 0.6) is 0 Å². The standard InChI is InChI=1S/C11H22BrN/c1-9-4-5-13(11(3)6-9)8-10(2)7-12/h9-11H,4-8H2,1-3H3. The Hall–Kier alpha value is 0.440. The van der Waals surface area contributed by atoms with Crippen LogP contribution in [0.15, 0.2) is 0 Å². The molecular formula is C11H22BrN. The topological polar surface area (TPSA) is 3.24 Å². The molecule has 13 heavy (non-hydrogen) atoms. The third-order valence-corrected chi connectivity index (χ3v) is 4.19. The summed E-state index contributed by atoms with van der Waals surface area (Å²) in [7, 11) is 0. The molecule has 0 spiro atoms. The van der Waals surface area contributed by atoms with Crippen LogP contribution >= 0.6 is 15.9 Å². The monoisotopic (exact) mass is 247 g/mol. The second-order valence-corrected chi connectivity index (χ2v) is 5.38. The molecule has 0 saturated carbocycles. The van der Waals surface area contributed by atoms with Crippen LogP contribution in [-0.4, -0.2) is 29.4 Å². The Kier molecular flexibility index (Phi) is 4.74. The Balaban J connectivity index is 2.33. The van der Waals surface area contributed by atoms with Crippen molar-refractivity contribution >= 4 is 15.9 Å². The van der Waals surface area contributed by atoms with Crippen LogP contribution in [0.2, 0.25) is 0 Å². The summed E-state index contributed by atoms with van der Waals surface area (Å²) in [5.74, 6) is 1.72. The summed E-state index contributed by atoms with van der Waals surface area (Å²) in [6.07, 6.45) is 2.77. The normalized spacial score (nSPS) is 33.2. The van der Waals surface area contributed by atoms with Gasteiger partial charge in [-0.3, -0.25) is 0 Å². The molecule has 3 atom stereocenters. The molecule has 2 heteroatoms. The van der Waals surface area contributed by atoms with Crippen molar-refractivity contribution in [3.8, 4) is 0 Å². The first-order chi connectivity index (χ1) is 6.13. The van der Waals surface area contributed by atoms with E-state index in [1.54, 1.807) is 0 Å². The van der Waals surface area contributed by atoms with Gasteiger partial charge in [0.05, 0.1) is 0 Å². The first-order valence-electron chi connectivity index (χ1n) is 5.43. The number of hydrogen-bond donors (Lipinski definition) is 0. The van der Waals surface area contributed by atoms with E-state index < -0.39 is 0 Å². The van der Waals surface area contributed by atoms with E-state index in [1.165, 1.54) is 25.9 Å². The summed E-state index contributed by atoms with van der Waals surface area (Å²) < 4.78 is 0. The molecule has 1 rings (SSSR count). The minimum Gasteiger partial charge on any atom is -0.300 e. The lowest BCUT2D eigenvalue weighted by Gasteiger charge is -2.37. The minimum absolute atomic E-state index is 0.788. The average Bonchev–Trinajstić information content (AvgIpc) is 2.09. The van der Waals surface area contributed by atoms with E-state index in [0.29, 0.717) is 0 Å². The molecule has 0 aromatic carbocycles. The maximum absolute atomic E-state index is 3.55. The number of hydrogen-bond acceptors (Lipinski definition) is 1. The van der Waals surface area contributed by atoms with E-state index in [4.69, 9.17) is 0 Å². The van der Waals surface area contributed by atoms with Gasteiger partial charge in [0.25, 0.3) is 0 Å². The van der Waals surface area contributed by atoms with Gasteiger partial charge >= 0.3 is 0 Å². The van der Waals surface area contributed by atoms with Gasteiger partial charge in [-0.2, -0.15) is 0 Å². The second kappa shape index (κ2) is 5.35. The lowest BCUT2D eigenvalue weighted by molar-refractivity contribution is 0.117. The molecule has 78 valence electrons. The molecule has 0 radical (unpaired) electrons. The lowest BCUT2D eigenvalue weighted by atomic mass is 9.93. The summed E-state index contributed by atoms with van der Waals surface area (Å²) >= 11 is 3.55. The zero-order valence-corrected chi connectivity index (χ0v) is 10.7. The van der Waals surface area contributed by atoms with Gasteiger partial charge in [-0.05, 0) is 38.1 Å². The van der Waals surface area contributed by atoms with Crippen LogP contribution in [-0.2, 0) is 0 Å². The number of alkyl halides is 1. The minimum atomic E-state index is 0.788. The summed E-state index contributed by atoms with van der Waals surface area (Å²) in [6.45, 7) is 9.64. The predicted molar refractivity (Wildman–Crippen MR) is 62.4 cm³/mol. The van der Waals surface area contributed by atoms with Crippen molar-refractivity contribution in [2.75, 3.05) is 18.4 Å². The van der Waals surface area contributed by atoms with E-state index in [-0.39, 0.29) is 0 Å². The molecule has 1 aliphatic heterocycles. The second-order valence-electron chi connectivity index (χ2n) is 4.73. The highest BCUT2D eigenvalue weighted by Gasteiger charge is 2.23. The van der Waals surface area contributed by atoms with E-state index in [0.717, 1.165) is 23.2 Å². The van der Waals surface area contributed by atoms with E-state index >= 15 is 0 Å². The van der Waals surface area contributed by atoms with Crippen LogP contribution in [0, 0.1) is 11.8 Å². The van der Waals surface area contributed by atoms with Gasteiger partial charge in [-0.15, -0.1) is 0 Å². The Morgan fingerprint density at radius 3 is 2.69 bits per heavy atom. The molecule has 0 aromatic heterocycles. The molecule has 1 aliphatic rings. The highest BCUT2D eigenvalue weighted by atomic mass is 79.9. The van der Waals surface area contributed by atoms with Gasteiger partial charge in [0.1, 0.15) is 0 Å². The van der Waals surface area contributed by atoms with Gasteiger partial charge in [0.15, 0.2) is 0 Å². The number of rotatable bonds is 3.